The molecular formula is C13H14O3. The third-order valence-corrected chi connectivity index (χ3v) is 3.76. The fraction of sp³-hybridized carbons (Fsp3) is 0.462. The molecular weight excluding hydrogens is 204 g/mol. The Morgan fingerprint density at radius 1 is 1.38 bits per heavy atom. The van der Waals surface area contributed by atoms with Gasteiger partial charge < -0.3 is 9.47 Å². The molecule has 1 aliphatic carbocycles. The van der Waals surface area contributed by atoms with Crippen molar-refractivity contribution in [3.8, 4) is 0 Å². The van der Waals surface area contributed by atoms with Crippen molar-refractivity contribution in [2.75, 3.05) is 13.7 Å². The molecule has 2 aliphatic rings. The van der Waals surface area contributed by atoms with Gasteiger partial charge in [-0.05, 0) is 5.56 Å². The summed E-state index contributed by atoms with van der Waals surface area (Å²) in [7, 11) is 1.60. The quantitative estimate of drug-likeness (QED) is 0.755. The molecule has 1 saturated heterocycles. The minimum atomic E-state index is -0.652. The Morgan fingerprint density at radius 3 is 2.81 bits per heavy atom. The highest BCUT2D eigenvalue weighted by Crippen LogP contribution is 2.50. The highest BCUT2D eigenvalue weighted by molar-refractivity contribution is 6.02. The minimum Gasteiger partial charge on any atom is -0.373 e. The molecule has 0 spiro atoms. The molecule has 3 atom stereocenters. The molecule has 3 rings (SSSR count). The molecule has 1 aromatic carbocycles. The Kier molecular flexibility index (Phi) is 2.13. The summed E-state index contributed by atoms with van der Waals surface area (Å²) in [6.45, 7) is 0.619. The van der Waals surface area contributed by atoms with Gasteiger partial charge in [-0.1, -0.05) is 30.3 Å². The fourth-order valence-corrected chi connectivity index (χ4v) is 2.85. The maximum absolute atomic E-state index is 12.2. The first kappa shape index (κ1) is 10.00. The second kappa shape index (κ2) is 3.40. The number of hydrogen-bond donors (Lipinski definition) is 0. The third kappa shape index (κ3) is 1.07. The summed E-state index contributed by atoms with van der Waals surface area (Å²) >= 11 is 0. The van der Waals surface area contributed by atoms with E-state index >= 15 is 0 Å². The molecule has 0 radical (unpaired) electrons. The van der Waals surface area contributed by atoms with Gasteiger partial charge in [0.05, 0.1) is 12.5 Å². The van der Waals surface area contributed by atoms with Crippen molar-refractivity contribution < 1.29 is 14.3 Å². The van der Waals surface area contributed by atoms with Crippen LogP contribution in [0.15, 0.2) is 30.3 Å². The molecule has 1 unspecified atom stereocenters. The Bertz CT molecular complexity index is 414. The lowest BCUT2D eigenvalue weighted by Gasteiger charge is -2.46. The number of rotatable bonds is 2. The first-order valence-corrected chi connectivity index (χ1v) is 5.55. The zero-order valence-corrected chi connectivity index (χ0v) is 9.18. The number of carbonyl (C=O) groups excluding carboxylic acids is 1. The Balaban J connectivity index is 1.94. The van der Waals surface area contributed by atoms with Crippen LogP contribution in [0.1, 0.15) is 17.9 Å². The summed E-state index contributed by atoms with van der Waals surface area (Å²) in [6, 6.07) is 9.80. The van der Waals surface area contributed by atoms with E-state index in [2.05, 4.69) is 0 Å². The van der Waals surface area contributed by atoms with Gasteiger partial charge in [0.2, 0.25) is 0 Å². The Labute approximate surface area is 94.4 Å². The maximum atomic E-state index is 12.2. The van der Waals surface area contributed by atoms with Crippen LogP contribution in [-0.4, -0.2) is 31.2 Å². The highest BCUT2D eigenvalue weighted by Gasteiger charge is 2.66. The lowest BCUT2D eigenvalue weighted by atomic mass is 9.63. The van der Waals surface area contributed by atoms with E-state index in [0.29, 0.717) is 13.0 Å². The monoisotopic (exact) mass is 218 g/mol. The second-order valence-corrected chi connectivity index (χ2v) is 4.39. The predicted octanol–water partition coefficient (Wildman–Crippen LogP) is 1.53. The third-order valence-electron chi connectivity index (χ3n) is 3.76. The van der Waals surface area contributed by atoms with Gasteiger partial charge in [-0.3, -0.25) is 4.79 Å². The van der Waals surface area contributed by atoms with Crippen LogP contribution < -0.4 is 0 Å². The van der Waals surface area contributed by atoms with Gasteiger partial charge in [-0.2, -0.15) is 0 Å². The molecule has 0 N–H and O–H groups in total. The number of Topliss-reactive ketones (excluding diaryl/α,β-unsaturated/α-hetero) is 1. The van der Waals surface area contributed by atoms with Crippen molar-refractivity contribution in [1.29, 1.82) is 0 Å². The van der Waals surface area contributed by atoms with E-state index < -0.39 is 5.60 Å². The summed E-state index contributed by atoms with van der Waals surface area (Å²) in [6.07, 6.45) is 0.600. The van der Waals surface area contributed by atoms with Crippen molar-refractivity contribution in [2.24, 2.45) is 0 Å². The van der Waals surface area contributed by atoms with E-state index in [0.717, 1.165) is 5.56 Å². The van der Waals surface area contributed by atoms with Crippen molar-refractivity contribution in [3.05, 3.63) is 35.9 Å². The van der Waals surface area contributed by atoms with E-state index in [4.69, 9.17) is 9.47 Å². The topological polar surface area (TPSA) is 35.5 Å². The van der Waals surface area contributed by atoms with E-state index in [1.807, 2.05) is 30.3 Å². The molecule has 1 aliphatic heterocycles. The van der Waals surface area contributed by atoms with Crippen LogP contribution >= 0.6 is 0 Å². The summed E-state index contributed by atoms with van der Waals surface area (Å²) in [5.74, 6) is 0.0346. The molecule has 2 fully saturated rings. The molecule has 84 valence electrons. The van der Waals surface area contributed by atoms with Crippen molar-refractivity contribution in [2.45, 2.75) is 24.0 Å². The Hall–Kier alpha value is -1.19. The van der Waals surface area contributed by atoms with Crippen LogP contribution in [0.25, 0.3) is 0 Å². The largest absolute Gasteiger partial charge is 0.373 e. The molecule has 3 nitrogen and oxygen atoms in total. The number of ketones is 1. The predicted molar refractivity (Wildman–Crippen MR) is 58.3 cm³/mol. The molecule has 1 aromatic rings. The molecule has 0 amide bonds. The van der Waals surface area contributed by atoms with Gasteiger partial charge in [0, 0.05) is 13.5 Å². The number of ether oxygens (including phenoxy) is 2. The number of carbonyl (C=O) groups is 1. The fourth-order valence-electron chi connectivity index (χ4n) is 2.85. The molecule has 3 heteroatoms. The summed E-state index contributed by atoms with van der Waals surface area (Å²) in [4.78, 5) is 12.2. The lowest BCUT2D eigenvalue weighted by molar-refractivity contribution is -0.176. The minimum absolute atomic E-state index is 0.0904. The van der Waals surface area contributed by atoms with Crippen LogP contribution in [-0.2, 0) is 14.3 Å². The van der Waals surface area contributed by atoms with Crippen LogP contribution in [0.2, 0.25) is 0 Å². The summed E-state index contributed by atoms with van der Waals surface area (Å²) < 4.78 is 11.0. The molecule has 0 bridgehead atoms. The van der Waals surface area contributed by atoms with Crippen LogP contribution in [0, 0.1) is 0 Å². The van der Waals surface area contributed by atoms with Crippen molar-refractivity contribution in [3.63, 3.8) is 0 Å². The summed E-state index contributed by atoms with van der Waals surface area (Å²) in [5, 5.41) is 0. The van der Waals surface area contributed by atoms with Crippen molar-refractivity contribution in [1.82, 2.24) is 0 Å². The van der Waals surface area contributed by atoms with Gasteiger partial charge in [-0.25, -0.2) is 0 Å². The zero-order chi connectivity index (χ0) is 11.2. The smallest absolute Gasteiger partial charge is 0.177 e. The number of hydrogen-bond acceptors (Lipinski definition) is 3. The van der Waals surface area contributed by atoms with E-state index in [-0.39, 0.29) is 17.8 Å². The van der Waals surface area contributed by atoms with E-state index in [1.165, 1.54) is 0 Å². The molecule has 16 heavy (non-hydrogen) atoms. The van der Waals surface area contributed by atoms with Gasteiger partial charge in [0.25, 0.3) is 0 Å². The first-order valence-electron chi connectivity index (χ1n) is 5.55. The van der Waals surface area contributed by atoms with Gasteiger partial charge >= 0.3 is 0 Å². The number of benzene rings is 1. The normalized spacial score (nSPS) is 36.9. The van der Waals surface area contributed by atoms with Crippen LogP contribution in [0.5, 0.6) is 0 Å². The SMILES string of the molecule is CO[C@@]12CCO[C@@H]1C(c1ccccc1)C2=O. The van der Waals surface area contributed by atoms with Gasteiger partial charge in [0.1, 0.15) is 6.10 Å². The number of methoxy groups -OCH3 is 1. The lowest BCUT2D eigenvalue weighted by Crippen LogP contribution is -2.64. The zero-order valence-electron chi connectivity index (χ0n) is 9.18. The molecule has 1 saturated carbocycles. The highest BCUT2D eigenvalue weighted by atomic mass is 16.6. The molecule has 0 aromatic heterocycles. The maximum Gasteiger partial charge on any atom is 0.177 e. The number of fused-ring (bicyclic) bond motifs is 1. The standard InChI is InChI=1S/C13H14O3/c1-15-13-7-8-16-12(13)10(11(13)14)9-5-3-2-4-6-9/h2-6,10,12H,7-8H2,1H3/t10?,12-,13-/m1/s1. The average Bonchev–Trinajstić information content (AvgIpc) is 2.70. The van der Waals surface area contributed by atoms with E-state index in [9.17, 15) is 4.79 Å². The van der Waals surface area contributed by atoms with Crippen LogP contribution in [0.4, 0.5) is 0 Å². The second-order valence-electron chi connectivity index (χ2n) is 4.39. The Morgan fingerprint density at radius 2 is 2.12 bits per heavy atom. The van der Waals surface area contributed by atoms with Crippen LogP contribution in [0.3, 0.4) is 0 Å². The van der Waals surface area contributed by atoms with Gasteiger partial charge in [-0.15, -0.1) is 0 Å². The first-order chi connectivity index (χ1) is 7.79. The van der Waals surface area contributed by atoms with E-state index in [1.54, 1.807) is 7.11 Å². The van der Waals surface area contributed by atoms with Crippen molar-refractivity contribution >= 4 is 5.78 Å². The van der Waals surface area contributed by atoms with Gasteiger partial charge in [0.15, 0.2) is 11.4 Å². The average molecular weight is 218 g/mol. The summed E-state index contributed by atoms with van der Waals surface area (Å²) in [5.41, 5.74) is 0.382. The molecule has 1 heterocycles.